The molecule has 1 saturated heterocycles. The Hall–Kier alpha value is -1.58. The summed E-state index contributed by atoms with van der Waals surface area (Å²) in [5.41, 5.74) is -0.0648. The molecular formula is C13H17BN2O3. The third kappa shape index (κ3) is 2.44. The average molecular weight is 260 g/mol. The molecule has 0 bridgehead atoms. The standard InChI is InChI=1S/C13H17BN2O3/c1-12(2)13(3,4)19-14(18-12)11-10(17)6-5-9(16-11)7-8-15/h5-6,17H,7H2,1-4H3. The molecule has 0 aromatic carbocycles. The lowest BCUT2D eigenvalue weighted by atomic mass is 9.83. The molecule has 0 spiro atoms. The predicted molar refractivity (Wildman–Crippen MR) is 70.9 cm³/mol. The van der Waals surface area contributed by atoms with E-state index in [0.29, 0.717) is 11.3 Å². The fraction of sp³-hybridized carbons (Fsp3) is 0.538. The highest BCUT2D eigenvalue weighted by atomic mass is 16.7. The number of hydrogen-bond acceptors (Lipinski definition) is 5. The molecule has 19 heavy (non-hydrogen) atoms. The Morgan fingerprint density at radius 2 is 1.84 bits per heavy atom. The van der Waals surface area contributed by atoms with Crippen LogP contribution in [0.1, 0.15) is 33.4 Å². The lowest BCUT2D eigenvalue weighted by molar-refractivity contribution is 0.00578. The van der Waals surface area contributed by atoms with Gasteiger partial charge >= 0.3 is 7.12 Å². The number of nitrogens with zero attached hydrogens (tertiary/aromatic N) is 2. The van der Waals surface area contributed by atoms with E-state index in [-0.39, 0.29) is 12.2 Å². The first-order valence-corrected chi connectivity index (χ1v) is 6.18. The van der Waals surface area contributed by atoms with Crippen molar-refractivity contribution in [2.45, 2.75) is 45.3 Å². The quantitative estimate of drug-likeness (QED) is 0.807. The second-order valence-electron chi connectivity index (χ2n) is 5.63. The first-order chi connectivity index (χ1) is 8.77. The van der Waals surface area contributed by atoms with Gasteiger partial charge in [0.25, 0.3) is 0 Å². The van der Waals surface area contributed by atoms with Gasteiger partial charge in [-0.25, -0.2) is 0 Å². The van der Waals surface area contributed by atoms with E-state index in [1.807, 2.05) is 33.8 Å². The minimum Gasteiger partial charge on any atom is -0.507 e. The molecule has 1 aliphatic heterocycles. The summed E-state index contributed by atoms with van der Waals surface area (Å²) in [6.07, 6.45) is 0.187. The topological polar surface area (TPSA) is 75.4 Å². The number of nitriles is 1. The van der Waals surface area contributed by atoms with E-state index in [1.54, 1.807) is 6.07 Å². The van der Waals surface area contributed by atoms with Gasteiger partial charge in [-0.1, -0.05) is 0 Å². The lowest BCUT2D eigenvalue weighted by Crippen LogP contribution is -2.41. The van der Waals surface area contributed by atoms with Crippen molar-refractivity contribution in [2.24, 2.45) is 0 Å². The number of aromatic nitrogens is 1. The molecule has 0 atom stereocenters. The SMILES string of the molecule is CC1(C)OB(c2nc(CC#N)ccc2O)OC1(C)C. The largest absolute Gasteiger partial charge is 0.518 e. The molecule has 1 aromatic rings. The van der Waals surface area contributed by atoms with Crippen LogP contribution < -0.4 is 5.59 Å². The van der Waals surface area contributed by atoms with Crippen LogP contribution in [0.4, 0.5) is 0 Å². The highest BCUT2D eigenvalue weighted by Crippen LogP contribution is 2.36. The molecule has 6 heteroatoms. The van der Waals surface area contributed by atoms with Gasteiger partial charge in [-0.15, -0.1) is 0 Å². The van der Waals surface area contributed by atoms with Gasteiger partial charge in [-0.05, 0) is 39.8 Å². The zero-order chi connectivity index (χ0) is 14.3. The third-order valence-electron chi connectivity index (χ3n) is 3.70. The Labute approximate surface area is 113 Å². The van der Waals surface area contributed by atoms with Crippen LogP contribution >= 0.6 is 0 Å². The average Bonchev–Trinajstić information content (AvgIpc) is 2.51. The van der Waals surface area contributed by atoms with E-state index in [0.717, 1.165) is 0 Å². The Morgan fingerprint density at radius 1 is 1.26 bits per heavy atom. The van der Waals surface area contributed by atoms with Crippen molar-refractivity contribution < 1.29 is 14.4 Å². The van der Waals surface area contributed by atoms with Crippen molar-refractivity contribution >= 4 is 12.7 Å². The van der Waals surface area contributed by atoms with Gasteiger partial charge in [-0.3, -0.25) is 4.98 Å². The van der Waals surface area contributed by atoms with Crippen LogP contribution in [0.2, 0.25) is 0 Å². The van der Waals surface area contributed by atoms with Crippen LogP contribution in [-0.4, -0.2) is 28.4 Å². The third-order valence-corrected chi connectivity index (χ3v) is 3.70. The zero-order valence-corrected chi connectivity index (χ0v) is 11.6. The highest BCUT2D eigenvalue weighted by molar-refractivity contribution is 6.62. The molecule has 2 heterocycles. The van der Waals surface area contributed by atoms with Gasteiger partial charge in [0.05, 0.1) is 29.4 Å². The summed E-state index contributed by atoms with van der Waals surface area (Å²) in [4.78, 5) is 4.25. The zero-order valence-electron chi connectivity index (χ0n) is 11.6. The maximum atomic E-state index is 9.90. The minimum absolute atomic E-state index is 0.0141. The summed E-state index contributed by atoms with van der Waals surface area (Å²) in [6.45, 7) is 7.73. The molecule has 0 amide bonds. The molecule has 0 unspecified atom stereocenters. The fourth-order valence-corrected chi connectivity index (χ4v) is 1.82. The van der Waals surface area contributed by atoms with Crippen molar-refractivity contribution in [1.29, 1.82) is 5.26 Å². The van der Waals surface area contributed by atoms with E-state index in [1.165, 1.54) is 6.07 Å². The van der Waals surface area contributed by atoms with Crippen LogP contribution in [0.3, 0.4) is 0 Å². The summed E-state index contributed by atoms with van der Waals surface area (Å²) < 4.78 is 11.7. The molecule has 0 aliphatic carbocycles. The van der Waals surface area contributed by atoms with Crippen LogP contribution in [0.15, 0.2) is 12.1 Å². The number of aromatic hydroxyl groups is 1. The Kier molecular flexibility index (Phi) is 3.29. The number of pyridine rings is 1. The molecule has 1 aromatic heterocycles. The Morgan fingerprint density at radius 3 is 2.37 bits per heavy atom. The van der Waals surface area contributed by atoms with Crippen LogP contribution in [0, 0.1) is 11.3 Å². The van der Waals surface area contributed by atoms with Crippen LogP contribution in [0.25, 0.3) is 0 Å². The highest BCUT2D eigenvalue weighted by Gasteiger charge is 2.53. The van der Waals surface area contributed by atoms with Gasteiger partial charge in [0.2, 0.25) is 0 Å². The smallest absolute Gasteiger partial charge is 0.507 e. The van der Waals surface area contributed by atoms with Crippen molar-refractivity contribution in [3.05, 3.63) is 17.8 Å². The van der Waals surface area contributed by atoms with Gasteiger partial charge in [-0.2, -0.15) is 5.26 Å². The van der Waals surface area contributed by atoms with E-state index in [2.05, 4.69) is 4.98 Å². The van der Waals surface area contributed by atoms with Gasteiger partial charge in [0, 0.05) is 0 Å². The number of hydrogen-bond donors (Lipinski definition) is 1. The second kappa shape index (κ2) is 4.51. The molecule has 100 valence electrons. The first-order valence-electron chi connectivity index (χ1n) is 6.18. The Balaban J connectivity index is 2.34. The molecule has 5 nitrogen and oxygen atoms in total. The molecule has 1 fully saturated rings. The van der Waals surface area contributed by atoms with E-state index >= 15 is 0 Å². The first kappa shape index (κ1) is 13.8. The normalized spacial score (nSPS) is 20.3. The van der Waals surface area contributed by atoms with E-state index in [4.69, 9.17) is 14.6 Å². The van der Waals surface area contributed by atoms with Crippen molar-refractivity contribution in [2.75, 3.05) is 0 Å². The molecule has 1 aliphatic rings. The van der Waals surface area contributed by atoms with Crippen molar-refractivity contribution in [3.8, 4) is 11.8 Å². The second-order valence-corrected chi connectivity index (χ2v) is 5.63. The summed E-state index contributed by atoms with van der Waals surface area (Å²) >= 11 is 0. The Bertz CT molecular complexity index is 521. The maximum Gasteiger partial charge on any atom is 0.518 e. The molecule has 0 radical (unpaired) electrons. The van der Waals surface area contributed by atoms with E-state index < -0.39 is 18.3 Å². The molecule has 0 saturated carbocycles. The maximum absolute atomic E-state index is 9.90. The lowest BCUT2D eigenvalue weighted by Gasteiger charge is -2.32. The van der Waals surface area contributed by atoms with Crippen LogP contribution in [0.5, 0.6) is 5.75 Å². The van der Waals surface area contributed by atoms with Gasteiger partial charge < -0.3 is 14.4 Å². The summed E-state index contributed by atoms with van der Waals surface area (Å²) in [7, 11) is -0.719. The fourth-order valence-electron chi connectivity index (χ4n) is 1.82. The monoisotopic (exact) mass is 260 g/mol. The molecule has 1 N–H and O–H groups in total. The molecular weight excluding hydrogens is 243 g/mol. The van der Waals surface area contributed by atoms with Crippen molar-refractivity contribution in [3.63, 3.8) is 0 Å². The predicted octanol–water partition coefficient (Wildman–Crippen LogP) is 1.15. The van der Waals surface area contributed by atoms with Crippen molar-refractivity contribution in [1.82, 2.24) is 4.98 Å². The number of rotatable bonds is 2. The van der Waals surface area contributed by atoms with Crippen LogP contribution in [-0.2, 0) is 15.7 Å². The summed E-state index contributed by atoms with van der Waals surface area (Å²) in [5.74, 6) is 0.0141. The van der Waals surface area contributed by atoms with E-state index in [9.17, 15) is 5.11 Å². The summed E-state index contributed by atoms with van der Waals surface area (Å²) in [5, 5.41) is 18.6. The van der Waals surface area contributed by atoms with Gasteiger partial charge in [0.15, 0.2) is 0 Å². The van der Waals surface area contributed by atoms with Gasteiger partial charge in [0.1, 0.15) is 11.3 Å². The molecule has 2 rings (SSSR count). The minimum atomic E-state index is -0.719. The summed E-state index contributed by atoms with van der Waals surface area (Å²) in [6, 6.07) is 5.16.